The van der Waals surface area contributed by atoms with E-state index in [-0.39, 0.29) is 5.91 Å². The highest BCUT2D eigenvalue weighted by Crippen LogP contribution is 2.30. The molecule has 0 aromatic heterocycles. The van der Waals surface area contributed by atoms with E-state index in [2.05, 4.69) is 34.9 Å². The molecule has 0 spiro atoms. The summed E-state index contributed by atoms with van der Waals surface area (Å²) in [6, 6.07) is 25.3. The fourth-order valence-electron chi connectivity index (χ4n) is 2.76. The first-order valence-electron chi connectivity index (χ1n) is 9.48. The highest BCUT2D eigenvalue weighted by Gasteiger charge is 2.08. The van der Waals surface area contributed by atoms with Gasteiger partial charge in [-0.3, -0.25) is 15.6 Å². The number of hydrogen-bond donors (Lipinski definition) is 3. The highest BCUT2D eigenvalue weighted by molar-refractivity contribution is 7.80. The second-order valence-corrected chi connectivity index (χ2v) is 6.83. The van der Waals surface area contributed by atoms with Crippen LogP contribution in [0.15, 0.2) is 91.5 Å². The topological polar surface area (TPSA) is 62.4 Å². The third kappa shape index (κ3) is 5.93. The van der Waals surface area contributed by atoms with Crippen molar-refractivity contribution < 1.29 is 9.53 Å². The second-order valence-electron chi connectivity index (χ2n) is 6.43. The van der Waals surface area contributed by atoms with Crippen LogP contribution in [-0.2, 0) is 6.61 Å². The van der Waals surface area contributed by atoms with Crippen molar-refractivity contribution >= 4 is 23.2 Å². The van der Waals surface area contributed by atoms with Crippen molar-refractivity contribution in [3.05, 3.63) is 103 Å². The third-order valence-corrected chi connectivity index (χ3v) is 4.53. The van der Waals surface area contributed by atoms with Gasteiger partial charge in [0.25, 0.3) is 5.91 Å². The van der Waals surface area contributed by atoms with Gasteiger partial charge in [0.1, 0.15) is 12.4 Å². The molecule has 3 N–H and O–H groups in total. The summed E-state index contributed by atoms with van der Waals surface area (Å²) in [5.41, 5.74) is 8.83. The lowest BCUT2D eigenvalue weighted by molar-refractivity contribution is 0.0943. The molecule has 1 amide bonds. The number of benzene rings is 3. The molecule has 152 valence electrons. The van der Waals surface area contributed by atoms with Gasteiger partial charge in [0.15, 0.2) is 5.11 Å². The average molecular weight is 418 g/mol. The molecule has 0 aliphatic carbocycles. The first-order valence-corrected chi connectivity index (χ1v) is 9.89. The Hall–Kier alpha value is -3.64. The van der Waals surface area contributed by atoms with Gasteiger partial charge in [0.2, 0.25) is 0 Å². The highest BCUT2D eigenvalue weighted by atomic mass is 32.1. The zero-order chi connectivity index (χ0) is 21.2. The molecule has 0 saturated carbocycles. The number of nitrogens with one attached hydrogen (secondary N) is 3. The normalized spacial score (nSPS) is 10.0. The maximum atomic E-state index is 12.2. The second kappa shape index (κ2) is 10.8. The zero-order valence-electron chi connectivity index (χ0n) is 16.4. The van der Waals surface area contributed by atoms with Gasteiger partial charge >= 0.3 is 0 Å². The molecule has 30 heavy (non-hydrogen) atoms. The van der Waals surface area contributed by atoms with E-state index in [1.54, 1.807) is 18.2 Å². The lowest BCUT2D eigenvalue weighted by Gasteiger charge is -2.12. The molecule has 0 unspecified atom stereocenters. The van der Waals surface area contributed by atoms with Gasteiger partial charge in [0.05, 0.1) is 0 Å². The molecule has 0 atom stereocenters. The van der Waals surface area contributed by atoms with Crippen LogP contribution in [0.25, 0.3) is 11.1 Å². The third-order valence-electron chi connectivity index (χ3n) is 4.28. The Balaban J connectivity index is 1.57. The van der Waals surface area contributed by atoms with E-state index in [9.17, 15) is 4.79 Å². The average Bonchev–Trinajstić information content (AvgIpc) is 2.81. The van der Waals surface area contributed by atoms with Crippen molar-refractivity contribution in [3.8, 4) is 16.9 Å². The Labute approximate surface area is 181 Å². The summed E-state index contributed by atoms with van der Waals surface area (Å²) in [7, 11) is 0. The van der Waals surface area contributed by atoms with E-state index < -0.39 is 0 Å². The van der Waals surface area contributed by atoms with Crippen LogP contribution in [0.2, 0.25) is 0 Å². The first kappa shape index (κ1) is 21.1. The van der Waals surface area contributed by atoms with Crippen LogP contribution >= 0.6 is 12.2 Å². The van der Waals surface area contributed by atoms with Crippen molar-refractivity contribution in [3.63, 3.8) is 0 Å². The number of carbonyl (C=O) groups is 1. The molecule has 0 aliphatic heterocycles. The number of hydrogen-bond acceptors (Lipinski definition) is 3. The Morgan fingerprint density at radius 2 is 1.63 bits per heavy atom. The summed E-state index contributed by atoms with van der Waals surface area (Å²) in [6.45, 7) is 4.51. The van der Waals surface area contributed by atoms with Gasteiger partial charge in [-0.15, -0.1) is 6.58 Å². The molecule has 3 aromatic carbocycles. The Morgan fingerprint density at radius 3 is 2.37 bits per heavy atom. The van der Waals surface area contributed by atoms with Crippen LogP contribution in [0.5, 0.6) is 5.75 Å². The quantitative estimate of drug-likeness (QED) is 0.305. The van der Waals surface area contributed by atoms with Gasteiger partial charge in [0, 0.05) is 17.7 Å². The maximum absolute atomic E-state index is 12.2. The Kier molecular flexibility index (Phi) is 7.58. The van der Waals surface area contributed by atoms with E-state index >= 15 is 0 Å². The van der Waals surface area contributed by atoms with Gasteiger partial charge in [-0.05, 0) is 41.5 Å². The van der Waals surface area contributed by atoms with E-state index in [1.807, 2.05) is 54.6 Å². The first-order chi connectivity index (χ1) is 14.7. The standard InChI is InChI=1S/C24H23N3O2S/c1-2-16-25-24(30)27-26-23(28)20-14-12-18(13-15-20)17-29-22-11-7-6-10-21(22)19-8-4-3-5-9-19/h2-15H,1,16-17H2,(H,26,28)(H2,25,27,30). The van der Waals surface area contributed by atoms with Crippen LogP contribution in [0.1, 0.15) is 15.9 Å². The van der Waals surface area contributed by atoms with Gasteiger partial charge < -0.3 is 10.1 Å². The summed E-state index contributed by atoms with van der Waals surface area (Å²) in [6.07, 6.45) is 1.68. The van der Waals surface area contributed by atoms with Crippen LogP contribution in [-0.4, -0.2) is 17.6 Å². The molecule has 6 heteroatoms. The van der Waals surface area contributed by atoms with Crippen LogP contribution < -0.4 is 20.9 Å². The maximum Gasteiger partial charge on any atom is 0.269 e. The minimum absolute atomic E-state index is 0.278. The predicted octanol–water partition coefficient (Wildman–Crippen LogP) is 4.23. The van der Waals surface area contributed by atoms with Crippen molar-refractivity contribution in [1.29, 1.82) is 0 Å². The summed E-state index contributed by atoms with van der Waals surface area (Å²) >= 11 is 5.03. The van der Waals surface area contributed by atoms with Crippen molar-refractivity contribution in [2.75, 3.05) is 6.54 Å². The number of thiocarbonyl (C=S) groups is 1. The molecule has 0 fully saturated rings. The number of carbonyl (C=O) groups excluding carboxylic acids is 1. The summed E-state index contributed by atoms with van der Waals surface area (Å²) in [5.74, 6) is 0.537. The molecule has 3 aromatic rings. The number of ether oxygens (including phenoxy) is 1. The van der Waals surface area contributed by atoms with Crippen molar-refractivity contribution in [2.45, 2.75) is 6.61 Å². The van der Waals surface area contributed by atoms with E-state index in [4.69, 9.17) is 17.0 Å². The zero-order valence-corrected chi connectivity index (χ0v) is 17.2. The summed E-state index contributed by atoms with van der Waals surface area (Å²) < 4.78 is 6.05. The predicted molar refractivity (Wildman–Crippen MR) is 124 cm³/mol. The van der Waals surface area contributed by atoms with E-state index in [0.717, 1.165) is 22.4 Å². The smallest absolute Gasteiger partial charge is 0.269 e. The minimum Gasteiger partial charge on any atom is -0.488 e. The molecular weight excluding hydrogens is 394 g/mol. The Bertz CT molecular complexity index is 1000. The molecule has 0 bridgehead atoms. The lowest BCUT2D eigenvalue weighted by atomic mass is 10.0. The molecule has 5 nitrogen and oxygen atoms in total. The number of amides is 1. The van der Waals surface area contributed by atoms with Crippen LogP contribution in [0.4, 0.5) is 0 Å². The summed E-state index contributed by atoms with van der Waals surface area (Å²) in [5, 5.41) is 3.19. The number of rotatable bonds is 7. The van der Waals surface area contributed by atoms with E-state index in [0.29, 0.717) is 23.8 Å². The van der Waals surface area contributed by atoms with Crippen molar-refractivity contribution in [2.24, 2.45) is 0 Å². The summed E-state index contributed by atoms with van der Waals surface area (Å²) in [4.78, 5) is 12.2. The molecule has 0 saturated heterocycles. The molecule has 0 aliphatic rings. The van der Waals surface area contributed by atoms with Gasteiger partial charge in [-0.2, -0.15) is 0 Å². The lowest BCUT2D eigenvalue weighted by Crippen LogP contribution is -2.46. The van der Waals surface area contributed by atoms with E-state index in [1.165, 1.54) is 0 Å². The minimum atomic E-state index is -0.278. The SMILES string of the molecule is C=CCNC(=S)NNC(=O)c1ccc(COc2ccccc2-c2ccccc2)cc1. The van der Waals surface area contributed by atoms with Crippen LogP contribution in [0, 0.1) is 0 Å². The number of para-hydroxylation sites is 1. The molecule has 0 radical (unpaired) electrons. The molecular formula is C24H23N3O2S. The van der Waals surface area contributed by atoms with Gasteiger partial charge in [-0.25, -0.2) is 0 Å². The Morgan fingerprint density at radius 1 is 0.933 bits per heavy atom. The fourth-order valence-corrected chi connectivity index (χ4v) is 2.89. The van der Waals surface area contributed by atoms with Crippen LogP contribution in [0.3, 0.4) is 0 Å². The largest absolute Gasteiger partial charge is 0.488 e. The molecule has 0 heterocycles. The molecule has 3 rings (SSSR count). The monoisotopic (exact) mass is 417 g/mol. The fraction of sp³-hybridized carbons (Fsp3) is 0.0833. The van der Waals surface area contributed by atoms with Crippen molar-refractivity contribution in [1.82, 2.24) is 16.2 Å². The van der Waals surface area contributed by atoms with Gasteiger partial charge in [-0.1, -0.05) is 66.7 Å². The number of hydrazine groups is 1.